The molecule has 1 unspecified atom stereocenters. The quantitative estimate of drug-likeness (QED) is 0.816. The third kappa shape index (κ3) is 3.86. The van der Waals surface area contributed by atoms with Crippen molar-refractivity contribution in [2.45, 2.75) is 5.37 Å². The fourth-order valence-electron chi connectivity index (χ4n) is 1.93. The van der Waals surface area contributed by atoms with E-state index in [1.165, 1.54) is 0 Å². The fourth-order valence-corrected chi connectivity index (χ4v) is 3.27. The number of aliphatic hydroxyl groups is 1. The van der Waals surface area contributed by atoms with Crippen molar-refractivity contribution in [1.82, 2.24) is 4.90 Å². The molecule has 1 heterocycles. The summed E-state index contributed by atoms with van der Waals surface area (Å²) in [5.41, 5.74) is 1.07. The van der Waals surface area contributed by atoms with E-state index >= 15 is 0 Å². The number of rotatable bonds is 6. The van der Waals surface area contributed by atoms with Crippen LogP contribution in [0.2, 0.25) is 5.02 Å². The third-order valence-corrected chi connectivity index (χ3v) is 4.34. The van der Waals surface area contributed by atoms with Gasteiger partial charge in [0.05, 0.1) is 25.6 Å². The van der Waals surface area contributed by atoms with Crippen molar-refractivity contribution in [3.63, 3.8) is 0 Å². The molecule has 0 aromatic heterocycles. The Morgan fingerprint density at radius 1 is 1.37 bits per heavy atom. The lowest BCUT2D eigenvalue weighted by atomic mass is 10.2. The van der Waals surface area contributed by atoms with Crippen LogP contribution in [-0.2, 0) is 9.53 Å². The van der Waals surface area contributed by atoms with Gasteiger partial charge in [0.15, 0.2) is 0 Å². The average Bonchev–Trinajstić information content (AvgIpc) is 2.77. The molecule has 2 rings (SSSR count). The number of nitrogens with zero attached hydrogens (tertiary/aromatic N) is 1. The highest BCUT2D eigenvalue weighted by Gasteiger charge is 2.32. The minimum Gasteiger partial charge on any atom is -0.394 e. The van der Waals surface area contributed by atoms with E-state index in [9.17, 15) is 4.79 Å². The zero-order valence-electron chi connectivity index (χ0n) is 10.4. The van der Waals surface area contributed by atoms with Crippen LogP contribution in [0.15, 0.2) is 24.3 Å². The molecule has 0 saturated carbocycles. The van der Waals surface area contributed by atoms with Crippen LogP contribution in [0.3, 0.4) is 0 Å². The predicted molar refractivity (Wildman–Crippen MR) is 76.3 cm³/mol. The molecule has 1 aromatic rings. The fraction of sp³-hybridized carbons (Fsp3) is 0.462. The van der Waals surface area contributed by atoms with Gasteiger partial charge in [-0.05, 0) is 17.7 Å². The number of ether oxygens (including phenoxy) is 1. The molecule has 1 aliphatic heterocycles. The molecule has 1 aliphatic rings. The molecule has 1 aromatic carbocycles. The van der Waals surface area contributed by atoms with E-state index in [1.54, 1.807) is 11.8 Å². The number of aliphatic hydroxyl groups excluding tert-OH is 1. The van der Waals surface area contributed by atoms with Crippen LogP contribution in [0.5, 0.6) is 0 Å². The standard InChI is InChI=1S/C13H16ClNO3S/c14-11-3-1-10(2-4-11)13-15(12(17)9-19-13)5-7-18-8-6-16/h1-4,13,16H,5-9H2. The highest BCUT2D eigenvalue weighted by atomic mass is 35.5. The topological polar surface area (TPSA) is 49.8 Å². The van der Waals surface area contributed by atoms with Crippen molar-refractivity contribution >= 4 is 29.3 Å². The van der Waals surface area contributed by atoms with E-state index < -0.39 is 0 Å². The molecule has 1 saturated heterocycles. The van der Waals surface area contributed by atoms with Crippen molar-refractivity contribution in [3.8, 4) is 0 Å². The highest BCUT2D eigenvalue weighted by molar-refractivity contribution is 8.00. The second-order valence-corrected chi connectivity index (χ2v) is 5.64. The number of amides is 1. The molecular formula is C13H16ClNO3S. The Morgan fingerprint density at radius 2 is 2.11 bits per heavy atom. The van der Waals surface area contributed by atoms with E-state index in [0.29, 0.717) is 30.5 Å². The summed E-state index contributed by atoms with van der Waals surface area (Å²) in [4.78, 5) is 13.7. The first kappa shape index (κ1) is 14.7. The third-order valence-electron chi connectivity index (χ3n) is 2.84. The van der Waals surface area contributed by atoms with Gasteiger partial charge in [0.25, 0.3) is 0 Å². The predicted octanol–water partition coefficient (Wildman–Crippen LogP) is 1.92. The molecular weight excluding hydrogens is 286 g/mol. The van der Waals surface area contributed by atoms with Gasteiger partial charge >= 0.3 is 0 Å². The van der Waals surface area contributed by atoms with Gasteiger partial charge in [-0.15, -0.1) is 11.8 Å². The molecule has 1 N–H and O–H groups in total. The van der Waals surface area contributed by atoms with Gasteiger partial charge < -0.3 is 14.7 Å². The molecule has 104 valence electrons. The summed E-state index contributed by atoms with van der Waals surface area (Å²) in [6, 6.07) is 7.56. The molecule has 4 nitrogen and oxygen atoms in total. The Labute approximate surface area is 121 Å². The zero-order chi connectivity index (χ0) is 13.7. The monoisotopic (exact) mass is 301 g/mol. The smallest absolute Gasteiger partial charge is 0.233 e. The molecule has 0 bridgehead atoms. The first-order valence-electron chi connectivity index (χ1n) is 6.07. The largest absolute Gasteiger partial charge is 0.394 e. The number of halogens is 1. The van der Waals surface area contributed by atoms with E-state index in [0.717, 1.165) is 5.56 Å². The average molecular weight is 302 g/mol. The van der Waals surface area contributed by atoms with E-state index in [2.05, 4.69) is 0 Å². The zero-order valence-corrected chi connectivity index (χ0v) is 12.0. The minimum atomic E-state index is 0.00328. The molecule has 0 spiro atoms. The van der Waals surface area contributed by atoms with Crippen molar-refractivity contribution in [2.75, 3.05) is 32.1 Å². The van der Waals surface area contributed by atoms with E-state index in [1.807, 2.05) is 29.2 Å². The van der Waals surface area contributed by atoms with Crippen LogP contribution in [0.25, 0.3) is 0 Å². The van der Waals surface area contributed by atoms with Crippen molar-refractivity contribution < 1.29 is 14.6 Å². The van der Waals surface area contributed by atoms with Gasteiger partial charge in [-0.2, -0.15) is 0 Å². The number of carbonyl (C=O) groups excluding carboxylic acids is 1. The molecule has 0 aliphatic carbocycles. The Hall–Kier alpha value is -0.750. The van der Waals surface area contributed by atoms with E-state index in [4.69, 9.17) is 21.4 Å². The maximum Gasteiger partial charge on any atom is 0.233 e. The van der Waals surface area contributed by atoms with Crippen molar-refractivity contribution in [3.05, 3.63) is 34.9 Å². The first-order valence-corrected chi connectivity index (χ1v) is 7.50. The number of hydrogen-bond acceptors (Lipinski definition) is 4. The molecule has 6 heteroatoms. The maximum atomic E-state index is 11.9. The number of thioether (sulfide) groups is 1. The second kappa shape index (κ2) is 7.14. The summed E-state index contributed by atoms with van der Waals surface area (Å²) in [6.07, 6.45) is 0. The first-order chi connectivity index (χ1) is 9.22. The Balaban J connectivity index is 1.98. The molecule has 1 amide bonds. The lowest BCUT2D eigenvalue weighted by Crippen LogP contribution is -2.31. The molecule has 1 fully saturated rings. The summed E-state index contributed by atoms with van der Waals surface area (Å²) in [5, 5.41) is 9.36. The van der Waals surface area contributed by atoms with Gasteiger partial charge in [-0.1, -0.05) is 23.7 Å². The van der Waals surface area contributed by atoms with Crippen molar-refractivity contribution in [1.29, 1.82) is 0 Å². The number of carbonyl (C=O) groups is 1. The second-order valence-electron chi connectivity index (χ2n) is 4.14. The highest BCUT2D eigenvalue weighted by Crippen LogP contribution is 2.38. The maximum absolute atomic E-state index is 11.9. The Bertz CT molecular complexity index is 426. The van der Waals surface area contributed by atoms with Crippen LogP contribution < -0.4 is 0 Å². The summed E-state index contributed by atoms with van der Waals surface area (Å²) >= 11 is 7.48. The minimum absolute atomic E-state index is 0.00328. The van der Waals surface area contributed by atoms with Crippen LogP contribution in [-0.4, -0.2) is 48.0 Å². The normalized spacial score (nSPS) is 19.2. The SMILES string of the molecule is O=C1CSC(c2ccc(Cl)cc2)N1CCOCCO. The lowest BCUT2D eigenvalue weighted by Gasteiger charge is -2.24. The molecule has 0 radical (unpaired) electrons. The van der Waals surface area contributed by atoms with Gasteiger partial charge in [0, 0.05) is 11.6 Å². The summed E-state index contributed by atoms with van der Waals surface area (Å²) in [6.45, 7) is 1.29. The van der Waals surface area contributed by atoms with Crippen LogP contribution in [0.4, 0.5) is 0 Å². The molecule has 19 heavy (non-hydrogen) atoms. The van der Waals surface area contributed by atoms with Gasteiger partial charge in [0.2, 0.25) is 5.91 Å². The van der Waals surface area contributed by atoms with Crippen molar-refractivity contribution in [2.24, 2.45) is 0 Å². The number of benzene rings is 1. The van der Waals surface area contributed by atoms with Crippen LogP contribution in [0, 0.1) is 0 Å². The lowest BCUT2D eigenvalue weighted by molar-refractivity contribution is -0.128. The number of hydrogen-bond donors (Lipinski definition) is 1. The van der Waals surface area contributed by atoms with Gasteiger partial charge in [-0.3, -0.25) is 4.79 Å². The van der Waals surface area contributed by atoms with Crippen LogP contribution in [0.1, 0.15) is 10.9 Å². The van der Waals surface area contributed by atoms with Gasteiger partial charge in [-0.25, -0.2) is 0 Å². The summed E-state index contributed by atoms with van der Waals surface area (Å²) < 4.78 is 5.22. The van der Waals surface area contributed by atoms with E-state index in [-0.39, 0.29) is 17.9 Å². The summed E-state index contributed by atoms with van der Waals surface area (Å²) in [7, 11) is 0. The van der Waals surface area contributed by atoms with Gasteiger partial charge in [0.1, 0.15) is 5.37 Å². The Morgan fingerprint density at radius 3 is 2.79 bits per heavy atom. The van der Waals surface area contributed by atoms with Crippen LogP contribution >= 0.6 is 23.4 Å². The summed E-state index contributed by atoms with van der Waals surface area (Å²) in [5.74, 6) is 0.616. The molecule has 1 atom stereocenters. The Kier molecular flexibility index (Phi) is 5.51.